The van der Waals surface area contributed by atoms with Gasteiger partial charge in [-0.3, -0.25) is 14.2 Å². The summed E-state index contributed by atoms with van der Waals surface area (Å²) in [6.07, 6.45) is 14.9. The number of pyridine rings is 2. The normalized spacial score (nSPS) is 13.7. The molecule has 3 N–H and O–H groups in total. The fraction of sp³-hybridized carbons (Fsp3) is 0.158. The highest BCUT2D eigenvalue weighted by molar-refractivity contribution is 5.87. The minimum absolute atomic E-state index is 0.149. The molecular weight excluding hydrogens is 602 g/mol. The first-order valence-electron chi connectivity index (χ1n) is 15.6. The number of carbonyl (C=O) groups excluding carboxylic acids is 2. The fourth-order valence-corrected chi connectivity index (χ4v) is 5.26. The van der Waals surface area contributed by atoms with Crippen molar-refractivity contribution in [3.05, 3.63) is 137 Å². The van der Waals surface area contributed by atoms with Crippen LogP contribution >= 0.6 is 0 Å². The number of nitrogens with zero attached hydrogens (tertiary/aromatic N) is 4. The number of allylic oxidation sites excluding steroid dienone is 2. The first-order chi connectivity index (χ1) is 23.4. The smallest absolute Gasteiger partial charge is 0.278 e. The molecule has 10 heteroatoms. The quantitative estimate of drug-likeness (QED) is 0.167. The van der Waals surface area contributed by atoms with E-state index in [4.69, 9.17) is 9.78 Å². The Labute approximate surface area is 279 Å². The van der Waals surface area contributed by atoms with E-state index in [1.165, 1.54) is 6.92 Å². The standard InChI is InChI=1S/C37H35N7O2.CH2O/c1-25-13-14-28(23-40-25)15-17-34-37(46)44(36-33(43-34)12-6-20-39-36)32-11-4-9-30(22-32)29-8-3-10-31(21-29)38-19-5-7-27-16-18-35(41-24-27)42-26(2)45;1-2/h3-14,16,18,20-25,38,40H,15,17,19H2,1-2H3,(H,41,42,45);1H2/b7-5+;. The van der Waals surface area contributed by atoms with Gasteiger partial charge in [-0.15, -0.1) is 0 Å². The van der Waals surface area contributed by atoms with Gasteiger partial charge in [-0.2, -0.15) is 0 Å². The lowest BCUT2D eigenvalue weighted by Crippen LogP contribution is -2.25. The van der Waals surface area contributed by atoms with E-state index >= 15 is 0 Å². The van der Waals surface area contributed by atoms with E-state index in [-0.39, 0.29) is 11.5 Å². The molecule has 0 spiro atoms. The highest BCUT2D eigenvalue weighted by Crippen LogP contribution is 2.26. The first-order valence-corrected chi connectivity index (χ1v) is 15.6. The van der Waals surface area contributed by atoms with Crippen molar-refractivity contribution < 1.29 is 9.59 Å². The lowest BCUT2D eigenvalue weighted by molar-refractivity contribution is -0.114. The molecule has 1 amide bonds. The maximum absolute atomic E-state index is 13.9. The van der Waals surface area contributed by atoms with Crippen molar-refractivity contribution in [2.75, 3.05) is 17.2 Å². The lowest BCUT2D eigenvalue weighted by atomic mass is 10.0. The summed E-state index contributed by atoms with van der Waals surface area (Å²) in [7, 11) is 0. The van der Waals surface area contributed by atoms with Crippen LogP contribution < -0.4 is 21.5 Å². The lowest BCUT2D eigenvalue weighted by Gasteiger charge is -2.15. The molecule has 0 aliphatic carbocycles. The number of nitrogens with one attached hydrogen (secondary N) is 3. The zero-order valence-corrected chi connectivity index (χ0v) is 26.9. The van der Waals surface area contributed by atoms with E-state index in [0.717, 1.165) is 33.6 Å². The van der Waals surface area contributed by atoms with E-state index < -0.39 is 0 Å². The molecule has 0 radical (unpaired) electrons. The number of aromatic nitrogens is 4. The number of fused-ring (bicyclic) bond motifs is 1. The molecule has 0 saturated heterocycles. The van der Waals surface area contributed by atoms with Gasteiger partial charge in [0, 0.05) is 43.8 Å². The van der Waals surface area contributed by atoms with Gasteiger partial charge in [0.25, 0.3) is 5.56 Å². The van der Waals surface area contributed by atoms with Gasteiger partial charge in [-0.1, -0.05) is 48.6 Å². The van der Waals surface area contributed by atoms with Gasteiger partial charge in [0.2, 0.25) is 5.91 Å². The average Bonchev–Trinajstić information content (AvgIpc) is 3.11. The minimum atomic E-state index is -0.160. The van der Waals surface area contributed by atoms with Crippen LogP contribution in [0.3, 0.4) is 0 Å². The van der Waals surface area contributed by atoms with Gasteiger partial charge in [0.1, 0.15) is 23.8 Å². The van der Waals surface area contributed by atoms with Gasteiger partial charge in [-0.25, -0.2) is 15.0 Å². The van der Waals surface area contributed by atoms with Crippen molar-refractivity contribution >= 4 is 41.4 Å². The Kier molecular flexibility index (Phi) is 11.0. The van der Waals surface area contributed by atoms with Gasteiger partial charge < -0.3 is 20.7 Å². The van der Waals surface area contributed by atoms with Crippen molar-refractivity contribution in [3.8, 4) is 16.8 Å². The van der Waals surface area contributed by atoms with Crippen LogP contribution in [-0.2, 0) is 16.0 Å². The third-order valence-corrected chi connectivity index (χ3v) is 7.59. The number of amides is 1. The maximum atomic E-state index is 13.9. The predicted octanol–water partition coefficient (Wildman–Crippen LogP) is 6.11. The van der Waals surface area contributed by atoms with Crippen molar-refractivity contribution in [3.63, 3.8) is 0 Å². The highest BCUT2D eigenvalue weighted by Gasteiger charge is 2.15. The van der Waals surface area contributed by atoms with E-state index in [1.807, 2.05) is 79.7 Å². The van der Waals surface area contributed by atoms with E-state index in [9.17, 15) is 9.59 Å². The van der Waals surface area contributed by atoms with Gasteiger partial charge >= 0.3 is 0 Å². The largest absolute Gasteiger partial charge is 0.385 e. The Balaban J connectivity index is 0.00000221. The van der Waals surface area contributed by atoms with Crippen molar-refractivity contribution in [1.29, 1.82) is 0 Å². The van der Waals surface area contributed by atoms with E-state index in [2.05, 4.69) is 57.1 Å². The molecule has 4 heterocycles. The van der Waals surface area contributed by atoms with E-state index in [1.54, 1.807) is 23.0 Å². The van der Waals surface area contributed by atoms with Gasteiger partial charge in [-0.05, 0) is 90.6 Å². The Morgan fingerprint density at radius 1 is 1.00 bits per heavy atom. The van der Waals surface area contributed by atoms with Crippen LogP contribution in [0.1, 0.15) is 31.5 Å². The Morgan fingerprint density at radius 3 is 2.56 bits per heavy atom. The molecule has 0 bridgehead atoms. The third-order valence-electron chi connectivity index (χ3n) is 7.59. The van der Waals surface area contributed by atoms with Crippen LogP contribution in [0.2, 0.25) is 0 Å². The number of anilines is 2. The molecule has 3 aromatic heterocycles. The van der Waals surface area contributed by atoms with Crippen molar-refractivity contribution in [2.24, 2.45) is 0 Å². The average molecular weight is 640 g/mol. The number of dihydropyridines is 1. The number of aryl methyl sites for hydroxylation is 1. The Morgan fingerprint density at radius 2 is 1.81 bits per heavy atom. The molecule has 6 rings (SSSR count). The number of benzene rings is 2. The molecular formula is C38H37N7O3. The molecule has 1 atom stereocenters. The summed E-state index contributed by atoms with van der Waals surface area (Å²) in [5, 5.41) is 9.43. The second-order valence-electron chi connectivity index (χ2n) is 11.2. The second-order valence-corrected chi connectivity index (χ2v) is 11.2. The van der Waals surface area contributed by atoms with Crippen LogP contribution in [0, 0.1) is 0 Å². The Bertz CT molecular complexity index is 2050. The first kappa shape index (κ1) is 33.2. The van der Waals surface area contributed by atoms with Crippen LogP contribution in [0.5, 0.6) is 0 Å². The molecule has 1 unspecified atom stereocenters. The van der Waals surface area contributed by atoms with Crippen LogP contribution in [0.25, 0.3) is 34.1 Å². The SMILES string of the molecule is C=O.CC(=O)Nc1ccc(/C=C/CNc2cccc(-c3cccc(-n4c(=O)c(CCC5=CNC(C)C=C5)nc5cccnc54)c3)c2)cn1. The maximum Gasteiger partial charge on any atom is 0.278 e. The van der Waals surface area contributed by atoms with Crippen LogP contribution in [0.4, 0.5) is 11.5 Å². The van der Waals surface area contributed by atoms with Crippen molar-refractivity contribution in [2.45, 2.75) is 32.7 Å². The fourth-order valence-electron chi connectivity index (χ4n) is 5.26. The Hall–Kier alpha value is -6.16. The monoisotopic (exact) mass is 639 g/mol. The summed E-state index contributed by atoms with van der Waals surface area (Å²) in [4.78, 5) is 46.6. The minimum Gasteiger partial charge on any atom is -0.385 e. The summed E-state index contributed by atoms with van der Waals surface area (Å²) in [6.45, 7) is 6.17. The van der Waals surface area contributed by atoms with Crippen LogP contribution in [0.15, 0.2) is 120 Å². The molecule has 0 fully saturated rings. The zero-order valence-electron chi connectivity index (χ0n) is 26.9. The summed E-state index contributed by atoms with van der Waals surface area (Å²) >= 11 is 0. The summed E-state index contributed by atoms with van der Waals surface area (Å²) in [5.41, 5.74) is 7.34. The summed E-state index contributed by atoms with van der Waals surface area (Å²) < 4.78 is 1.68. The number of hydrogen-bond acceptors (Lipinski definition) is 8. The zero-order chi connectivity index (χ0) is 33.9. The molecule has 1 aliphatic heterocycles. The summed E-state index contributed by atoms with van der Waals surface area (Å²) in [6, 6.07) is 23.9. The topological polar surface area (TPSA) is 131 Å². The van der Waals surface area contributed by atoms with Crippen LogP contribution in [-0.4, -0.2) is 44.8 Å². The molecule has 2 aromatic carbocycles. The predicted molar refractivity (Wildman–Crippen MR) is 192 cm³/mol. The highest BCUT2D eigenvalue weighted by atomic mass is 16.1. The number of rotatable bonds is 10. The molecule has 242 valence electrons. The molecule has 0 saturated carbocycles. The second kappa shape index (κ2) is 15.9. The van der Waals surface area contributed by atoms with Gasteiger partial charge in [0.15, 0.2) is 5.65 Å². The molecule has 48 heavy (non-hydrogen) atoms. The third kappa shape index (κ3) is 8.35. The van der Waals surface area contributed by atoms with Gasteiger partial charge in [0.05, 0.1) is 5.69 Å². The number of hydrogen-bond donors (Lipinski definition) is 3. The molecule has 5 aromatic rings. The van der Waals surface area contributed by atoms with E-state index in [0.29, 0.717) is 48.1 Å². The number of carbonyl (C=O) groups is 2. The molecule has 10 nitrogen and oxygen atoms in total. The van der Waals surface area contributed by atoms with Crippen molar-refractivity contribution in [1.82, 2.24) is 24.8 Å². The molecule has 1 aliphatic rings. The summed E-state index contributed by atoms with van der Waals surface area (Å²) in [5.74, 6) is 0.379.